The molecule has 34 heavy (non-hydrogen) atoms. The number of aryl methyl sites for hydroxylation is 1. The lowest BCUT2D eigenvalue weighted by atomic mass is 10.2. The Morgan fingerprint density at radius 1 is 1.03 bits per heavy atom. The maximum Gasteiger partial charge on any atom is 0.359 e. The number of esters is 2. The van der Waals surface area contributed by atoms with Gasteiger partial charge in [0, 0.05) is 16.9 Å². The summed E-state index contributed by atoms with van der Waals surface area (Å²) in [4.78, 5) is 29.6. The molecule has 0 atom stereocenters. The van der Waals surface area contributed by atoms with E-state index in [1.165, 1.54) is 0 Å². The van der Waals surface area contributed by atoms with Crippen LogP contribution in [0.1, 0.15) is 29.9 Å². The molecule has 3 aromatic heterocycles. The minimum Gasteiger partial charge on any atom is -0.465 e. The summed E-state index contributed by atoms with van der Waals surface area (Å²) in [5.41, 5.74) is 3.50. The minimum absolute atomic E-state index is 0.0574. The number of ether oxygens (including phenoxy) is 2. The number of carbonyl (C=O) groups excluding carboxylic acids is 2. The summed E-state index contributed by atoms with van der Waals surface area (Å²) in [5.74, 6) is -0.405. The van der Waals surface area contributed by atoms with E-state index in [2.05, 4.69) is 26.3 Å². The lowest BCUT2D eigenvalue weighted by Crippen LogP contribution is -2.18. The van der Waals surface area contributed by atoms with Crippen LogP contribution in [0, 0.1) is 6.92 Å². The molecule has 0 spiro atoms. The molecule has 0 bridgehead atoms. The van der Waals surface area contributed by atoms with Crippen LogP contribution >= 0.6 is 15.9 Å². The Kier molecular flexibility index (Phi) is 6.97. The van der Waals surface area contributed by atoms with E-state index in [1.54, 1.807) is 24.7 Å². The number of aromatic nitrogens is 4. The number of anilines is 1. The summed E-state index contributed by atoms with van der Waals surface area (Å²) in [7, 11) is 0. The number of halogens is 1. The molecular weight excluding hydrogens is 502 g/mol. The Balaban J connectivity index is 1.87. The topological polar surface area (TPSA) is 99.8 Å². The van der Waals surface area contributed by atoms with Crippen molar-refractivity contribution in [3.8, 4) is 16.9 Å². The third kappa shape index (κ3) is 4.81. The summed E-state index contributed by atoms with van der Waals surface area (Å²) in [5, 5.41) is 7.65. The number of hydrogen-bond acceptors (Lipinski definition) is 7. The highest BCUT2D eigenvalue weighted by Gasteiger charge is 2.25. The van der Waals surface area contributed by atoms with Crippen molar-refractivity contribution in [2.45, 2.75) is 20.8 Å². The minimum atomic E-state index is -0.557. The largest absolute Gasteiger partial charge is 0.465 e. The Morgan fingerprint density at radius 3 is 2.47 bits per heavy atom. The highest BCUT2D eigenvalue weighted by atomic mass is 79.9. The van der Waals surface area contributed by atoms with Gasteiger partial charge in [0.1, 0.15) is 23.7 Å². The van der Waals surface area contributed by atoms with Gasteiger partial charge in [-0.15, -0.1) is 0 Å². The van der Waals surface area contributed by atoms with Gasteiger partial charge in [-0.1, -0.05) is 22.0 Å². The Hall–Kier alpha value is -3.66. The quantitative estimate of drug-likeness (QED) is 0.340. The molecule has 3 heterocycles. The molecule has 4 rings (SSSR count). The van der Waals surface area contributed by atoms with E-state index in [0.717, 1.165) is 15.7 Å². The number of benzene rings is 1. The van der Waals surface area contributed by atoms with Gasteiger partial charge in [0.15, 0.2) is 5.69 Å². The molecule has 1 aromatic carbocycles. The second-order valence-electron chi connectivity index (χ2n) is 7.44. The number of hydrogen-bond donors (Lipinski definition) is 1. The summed E-state index contributed by atoms with van der Waals surface area (Å²) in [6.45, 7) is 5.89. The van der Waals surface area contributed by atoms with Crippen LogP contribution in [0.15, 0.2) is 53.3 Å². The molecule has 1 N–H and O–H groups in total. The number of nitrogens with one attached hydrogen (secondary N) is 1. The molecule has 0 aliphatic rings. The maximum atomic E-state index is 12.8. The summed E-state index contributed by atoms with van der Waals surface area (Å²) in [6.07, 6.45) is 3.64. The first-order chi connectivity index (χ1) is 16.4. The molecule has 10 heteroatoms. The van der Waals surface area contributed by atoms with Crippen molar-refractivity contribution in [2.75, 3.05) is 25.1 Å². The van der Waals surface area contributed by atoms with Gasteiger partial charge < -0.3 is 14.8 Å². The van der Waals surface area contributed by atoms with Crippen LogP contribution in [0.4, 0.5) is 5.82 Å². The van der Waals surface area contributed by atoms with E-state index in [-0.39, 0.29) is 25.5 Å². The standard InChI is InChI=1S/C24H24BrN5O4/c1-4-33-20(31)12-26-23-21(27-19-11-6-15(3)13-29(19)23)18-14-30(17-9-7-16(25)8-10-17)28-22(18)24(32)34-5-2/h6-11,13-14,26H,4-5,12H2,1-3H3. The molecule has 0 radical (unpaired) electrons. The second kappa shape index (κ2) is 10.1. The fraction of sp³-hybridized carbons (Fsp3) is 0.250. The smallest absolute Gasteiger partial charge is 0.359 e. The third-order valence-corrected chi connectivity index (χ3v) is 5.53. The van der Waals surface area contributed by atoms with Crippen LogP contribution < -0.4 is 5.32 Å². The average molecular weight is 526 g/mol. The van der Waals surface area contributed by atoms with Crippen LogP contribution in [-0.4, -0.2) is 50.9 Å². The van der Waals surface area contributed by atoms with Crippen molar-refractivity contribution in [2.24, 2.45) is 0 Å². The molecule has 4 aromatic rings. The normalized spacial score (nSPS) is 10.9. The fourth-order valence-corrected chi connectivity index (χ4v) is 3.76. The van der Waals surface area contributed by atoms with Crippen molar-refractivity contribution in [1.82, 2.24) is 19.2 Å². The molecule has 0 fully saturated rings. The highest BCUT2D eigenvalue weighted by molar-refractivity contribution is 9.10. The van der Waals surface area contributed by atoms with Crippen molar-refractivity contribution in [3.63, 3.8) is 0 Å². The zero-order valence-corrected chi connectivity index (χ0v) is 20.6. The van der Waals surface area contributed by atoms with Gasteiger partial charge in [-0.3, -0.25) is 9.20 Å². The molecule has 0 aliphatic carbocycles. The lowest BCUT2D eigenvalue weighted by molar-refractivity contribution is -0.140. The van der Waals surface area contributed by atoms with Crippen molar-refractivity contribution < 1.29 is 19.1 Å². The number of fused-ring (bicyclic) bond motifs is 1. The lowest BCUT2D eigenvalue weighted by Gasteiger charge is -2.09. The van der Waals surface area contributed by atoms with Crippen LogP contribution in [0.5, 0.6) is 0 Å². The molecule has 0 aliphatic heterocycles. The summed E-state index contributed by atoms with van der Waals surface area (Å²) >= 11 is 3.43. The van der Waals surface area contributed by atoms with Gasteiger partial charge in [-0.2, -0.15) is 5.10 Å². The monoisotopic (exact) mass is 525 g/mol. The predicted octanol–water partition coefficient (Wildman–Crippen LogP) is 4.41. The average Bonchev–Trinajstić information content (AvgIpc) is 3.40. The van der Waals surface area contributed by atoms with Crippen LogP contribution in [0.3, 0.4) is 0 Å². The predicted molar refractivity (Wildman–Crippen MR) is 131 cm³/mol. The zero-order valence-electron chi connectivity index (χ0n) is 19.0. The van der Waals surface area contributed by atoms with Crippen LogP contribution in [0.25, 0.3) is 22.6 Å². The molecule has 0 amide bonds. The highest BCUT2D eigenvalue weighted by Crippen LogP contribution is 2.32. The molecule has 0 saturated heterocycles. The first kappa shape index (κ1) is 23.5. The summed E-state index contributed by atoms with van der Waals surface area (Å²) < 4.78 is 14.7. The van der Waals surface area contributed by atoms with Crippen molar-refractivity contribution in [3.05, 3.63) is 64.5 Å². The van der Waals surface area contributed by atoms with Crippen LogP contribution in [-0.2, 0) is 14.3 Å². The zero-order chi connectivity index (χ0) is 24.2. The van der Waals surface area contributed by atoms with Gasteiger partial charge in [-0.25, -0.2) is 14.5 Å². The number of nitrogens with zero attached hydrogens (tertiary/aromatic N) is 4. The Morgan fingerprint density at radius 2 is 1.76 bits per heavy atom. The van der Waals surface area contributed by atoms with E-state index < -0.39 is 11.9 Å². The molecule has 0 saturated carbocycles. The van der Waals surface area contributed by atoms with E-state index in [0.29, 0.717) is 22.7 Å². The maximum absolute atomic E-state index is 12.8. The summed E-state index contributed by atoms with van der Waals surface area (Å²) in [6, 6.07) is 11.4. The second-order valence-corrected chi connectivity index (χ2v) is 8.35. The van der Waals surface area contributed by atoms with Gasteiger partial charge in [0.25, 0.3) is 0 Å². The number of pyridine rings is 1. The molecular formula is C24H24BrN5O4. The number of rotatable bonds is 8. The van der Waals surface area contributed by atoms with E-state index >= 15 is 0 Å². The van der Waals surface area contributed by atoms with Gasteiger partial charge in [0.2, 0.25) is 0 Å². The van der Waals surface area contributed by atoms with Crippen molar-refractivity contribution in [1.29, 1.82) is 0 Å². The number of carbonyl (C=O) groups is 2. The van der Waals surface area contributed by atoms with E-state index in [1.807, 2.05) is 53.9 Å². The fourth-order valence-electron chi connectivity index (χ4n) is 3.50. The number of imidazole rings is 1. The molecule has 176 valence electrons. The van der Waals surface area contributed by atoms with E-state index in [4.69, 9.17) is 14.5 Å². The van der Waals surface area contributed by atoms with E-state index in [9.17, 15) is 9.59 Å². The SMILES string of the molecule is CCOC(=O)CNc1c(-c2cn(-c3ccc(Br)cc3)nc2C(=O)OCC)nc2ccc(C)cn12. The van der Waals surface area contributed by atoms with Crippen molar-refractivity contribution >= 4 is 39.3 Å². The van der Waals surface area contributed by atoms with Gasteiger partial charge in [-0.05, 0) is 56.7 Å². The van der Waals surface area contributed by atoms with Gasteiger partial charge >= 0.3 is 11.9 Å². The Bertz CT molecular complexity index is 1340. The first-order valence-corrected chi connectivity index (χ1v) is 11.6. The first-order valence-electron chi connectivity index (χ1n) is 10.8. The Labute approximate surface area is 204 Å². The van der Waals surface area contributed by atoms with Gasteiger partial charge in [0.05, 0.1) is 24.5 Å². The molecule has 9 nitrogen and oxygen atoms in total. The third-order valence-electron chi connectivity index (χ3n) is 5.00. The van der Waals surface area contributed by atoms with Crippen LogP contribution in [0.2, 0.25) is 0 Å². The molecule has 0 unspecified atom stereocenters.